The van der Waals surface area contributed by atoms with Crippen molar-refractivity contribution in [1.29, 1.82) is 0 Å². The predicted octanol–water partition coefficient (Wildman–Crippen LogP) is 13.9. The van der Waals surface area contributed by atoms with Crippen molar-refractivity contribution >= 4 is 85.8 Å². The normalized spacial score (nSPS) is 12.2. The maximum Gasteiger partial charge on any atom is 0.136 e. The van der Waals surface area contributed by atoms with Gasteiger partial charge in [-0.3, -0.25) is 0 Å². The maximum absolute atomic E-state index is 6.36. The molecule has 9 aromatic carbocycles. The van der Waals surface area contributed by atoms with Crippen molar-refractivity contribution in [2.75, 3.05) is 0 Å². The van der Waals surface area contributed by atoms with Crippen LogP contribution >= 0.6 is 11.3 Å². The van der Waals surface area contributed by atoms with E-state index >= 15 is 0 Å². The van der Waals surface area contributed by atoms with Gasteiger partial charge in [0, 0.05) is 30.9 Å². The van der Waals surface area contributed by atoms with Gasteiger partial charge in [-0.1, -0.05) is 127 Å². The summed E-state index contributed by atoms with van der Waals surface area (Å²) in [6, 6.07) is 57.9. The van der Waals surface area contributed by atoms with Crippen molar-refractivity contribution < 1.29 is 4.42 Å². The number of fused-ring (bicyclic) bond motifs is 5. The van der Waals surface area contributed by atoms with Crippen LogP contribution in [0.3, 0.4) is 0 Å². The molecule has 0 aliphatic carbocycles. The second kappa shape index (κ2) is 9.78. The van der Waals surface area contributed by atoms with Crippen LogP contribution in [0.4, 0.5) is 0 Å². The van der Waals surface area contributed by atoms with Gasteiger partial charge in [0.2, 0.25) is 0 Å². The lowest BCUT2D eigenvalue weighted by Crippen LogP contribution is -1.93. The van der Waals surface area contributed by atoms with Gasteiger partial charge in [0.15, 0.2) is 0 Å². The van der Waals surface area contributed by atoms with Crippen LogP contribution in [0.1, 0.15) is 0 Å². The molecule has 0 aliphatic rings. The minimum absolute atomic E-state index is 0.940. The van der Waals surface area contributed by atoms with Crippen LogP contribution < -0.4 is 0 Å². The van der Waals surface area contributed by atoms with E-state index in [1.54, 1.807) is 0 Å². The summed E-state index contributed by atoms with van der Waals surface area (Å²) >= 11 is 1.87. The average molecular weight is 627 g/mol. The third-order valence-electron chi connectivity index (χ3n) is 10.3. The van der Waals surface area contributed by atoms with E-state index < -0.39 is 0 Å². The van der Waals surface area contributed by atoms with Crippen molar-refractivity contribution in [2.45, 2.75) is 0 Å². The minimum Gasteiger partial charge on any atom is -0.456 e. The van der Waals surface area contributed by atoms with Crippen LogP contribution in [0, 0.1) is 0 Å². The molecular weight excluding hydrogens is 601 g/mol. The Morgan fingerprint density at radius 1 is 0.354 bits per heavy atom. The molecule has 0 atom stereocenters. The Balaban J connectivity index is 1.21. The number of hydrogen-bond acceptors (Lipinski definition) is 2. The Morgan fingerprint density at radius 3 is 1.73 bits per heavy atom. The fraction of sp³-hybridized carbons (Fsp3) is 0. The first kappa shape index (κ1) is 26.1. The van der Waals surface area contributed by atoms with Crippen LogP contribution in [0.15, 0.2) is 162 Å². The Bertz CT molecular complexity index is 3010. The molecule has 0 spiro atoms. The molecule has 0 N–H and O–H groups in total. The second-order valence-corrected chi connectivity index (χ2v) is 13.8. The highest BCUT2D eigenvalue weighted by atomic mass is 32.1. The van der Waals surface area contributed by atoms with Gasteiger partial charge in [-0.2, -0.15) is 0 Å². The van der Waals surface area contributed by atoms with E-state index in [1.165, 1.54) is 96.6 Å². The van der Waals surface area contributed by atoms with Gasteiger partial charge in [0.05, 0.1) is 0 Å². The molecule has 2 aromatic heterocycles. The van der Waals surface area contributed by atoms with Crippen molar-refractivity contribution in [3.63, 3.8) is 0 Å². The molecule has 0 saturated heterocycles. The molecule has 0 fully saturated rings. The first-order valence-electron chi connectivity index (χ1n) is 16.4. The van der Waals surface area contributed by atoms with Crippen LogP contribution in [0.2, 0.25) is 0 Å². The maximum atomic E-state index is 6.36. The molecule has 0 bridgehead atoms. The molecule has 48 heavy (non-hydrogen) atoms. The van der Waals surface area contributed by atoms with E-state index in [1.807, 2.05) is 11.3 Å². The van der Waals surface area contributed by atoms with Crippen molar-refractivity contribution in [3.05, 3.63) is 158 Å². The zero-order chi connectivity index (χ0) is 31.3. The van der Waals surface area contributed by atoms with Gasteiger partial charge in [-0.15, -0.1) is 11.3 Å². The van der Waals surface area contributed by atoms with Crippen LogP contribution in [0.5, 0.6) is 0 Å². The number of rotatable bonds is 3. The Kier molecular flexibility index (Phi) is 5.32. The molecule has 2 heterocycles. The van der Waals surface area contributed by atoms with Crippen LogP contribution in [-0.2, 0) is 0 Å². The lowest BCUT2D eigenvalue weighted by Gasteiger charge is -2.20. The number of hydrogen-bond donors (Lipinski definition) is 0. The molecule has 0 amide bonds. The lowest BCUT2D eigenvalue weighted by molar-refractivity contribution is 0.669. The summed E-state index contributed by atoms with van der Waals surface area (Å²) in [4.78, 5) is 0. The Labute approximate surface area is 280 Å². The van der Waals surface area contributed by atoms with Crippen LogP contribution in [-0.4, -0.2) is 0 Å². The largest absolute Gasteiger partial charge is 0.456 e. The molecular formula is C46H26OS. The molecule has 11 aromatic rings. The van der Waals surface area contributed by atoms with Gasteiger partial charge in [-0.05, 0) is 96.0 Å². The SMILES string of the molecule is c1ccc(-c2c3ccccc3c(-c3ccc4oc5cccc6ccc3c4c65)c3ccccc23)c(-c2ccc3c(c2)sc2ccccc23)c1. The molecule has 0 aliphatic heterocycles. The summed E-state index contributed by atoms with van der Waals surface area (Å²) in [5, 5.41) is 12.5. The third-order valence-corrected chi connectivity index (χ3v) is 11.4. The van der Waals surface area contributed by atoms with Crippen molar-refractivity contribution in [3.8, 4) is 33.4 Å². The highest BCUT2D eigenvalue weighted by molar-refractivity contribution is 7.25. The zero-order valence-electron chi connectivity index (χ0n) is 25.8. The molecule has 0 radical (unpaired) electrons. The first-order chi connectivity index (χ1) is 23.8. The van der Waals surface area contributed by atoms with E-state index in [0.29, 0.717) is 0 Å². The van der Waals surface area contributed by atoms with E-state index in [0.717, 1.165) is 11.2 Å². The van der Waals surface area contributed by atoms with Gasteiger partial charge in [0.25, 0.3) is 0 Å². The molecule has 11 rings (SSSR count). The van der Waals surface area contributed by atoms with E-state index in [9.17, 15) is 0 Å². The molecule has 2 heteroatoms. The minimum atomic E-state index is 0.940. The highest BCUT2D eigenvalue weighted by Crippen LogP contribution is 2.49. The van der Waals surface area contributed by atoms with Gasteiger partial charge >= 0.3 is 0 Å². The smallest absolute Gasteiger partial charge is 0.136 e. The average Bonchev–Trinajstić information content (AvgIpc) is 3.72. The summed E-state index contributed by atoms with van der Waals surface area (Å²) in [5.74, 6) is 0. The first-order valence-corrected chi connectivity index (χ1v) is 17.2. The van der Waals surface area contributed by atoms with Crippen LogP contribution in [0.25, 0.3) is 108 Å². The van der Waals surface area contributed by atoms with E-state index in [2.05, 4.69) is 158 Å². The molecule has 0 unspecified atom stereocenters. The third kappa shape index (κ3) is 3.55. The number of thiophene rings is 1. The quantitative estimate of drug-likeness (QED) is 0.140. The summed E-state index contributed by atoms with van der Waals surface area (Å²) in [6.07, 6.45) is 0. The molecule has 1 nitrogen and oxygen atoms in total. The van der Waals surface area contributed by atoms with Crippen molar-refractivity contribution in [2.24, 2.45) is 0 Å². The summed E-state index contributed by atoms with van der Waals surface area (Å²) in [7, 11) is 0. The standard InChI is InChI=1S/C46H26OS/c1-2-13-32(29(11-1)28-21-22-31-30-12-7-8-19-41(30)48-42(31)26-28)44-33-14-3-5-16-35(33)45(36-17-6-4-15-34(36)44)37-24-25-40-46-38(37)23-20-27-10-9-18-39(47-40)43(27)46/h1-26H. The van der Waals surface area contributed by atoms with Gasteiger partial charge in [-0.25, -0.2) is 0 Å². The summed E-state index contributed by atoms with van der Waals surface area (Å²) in [6.45, 7) is 0. The second-order valence-electron chi connectivity index (χ2n) is 12.8. The predicted molar refractivity (Wildman–Crippen MR) is 207 cm³/mol. The zero-order valence-corrected chi connectivity index (χ0v) is 26.6. The summed E-state index contributed by atoms with van der Waals surface area (Å²) < 4.78 is 9.01. The van der Waals surface area contributed by atoms with E-state index in [4.69, 9.17) is 4.42 Å². The number of benzene rings is 9. The topological polar surface area (TPSA) is 13.1 Å². The fourth-order valence-corrected chi connectivity index (χ4v) is 9.37. The lowest BCUT2D eigenvalue weighted by atomic mass is 9.82. The summed E-state index contributed by atoms with van der Waals surface area (Å²) in [5.41, 5.74) is 9.40. The highest BCUT2D eigenvalue weighted by Gasteiger charge is 2.22. The number of furan rings is 1. The molecule has 222 valence electrons. The molecule has 0 saturated carbocycles. The van der Waals surface area contributed by atoms with E-state index in [-0.39, 0.29) is 0 Å². The Hall–Kier alpha value is -5.96. The van der Waals surface area contributed by atoms with Gasteiger partial charge in [0.1, 0.15) is 11.2 Å². The monoisotopic (exact) mass is 626 g/mol. The van der Waals surface area contributed by atoms with Gasteiger partial charge < -0.3 is 4.42 Å². The Morgan fingerprint density at radius 2 is 0.958 bits per heavy atom. The van der Waals surface area contributed by atoms with Crippen molar-refractivity contribution in [1.82, 2.24) is 0 Å². The fourth-order valence-electron chi connectivity index (χ4n) is 8.22.